The predicted octanol–water partition coefficient (Wildman–Crippen LogP) is 5.74. The van der Waals surface area contributed by atoms with Crippen molar-refractivity contribution < 1.29 is 33.3 Å². The molecule has 10 heteroatoms. The van der Waals surface area contributed by atoms with E-state index in [4.69, 9.17) is 23.7 Å². The molecule has 1 aromatic heterocycles. The summed E-state index contributed by atoms with van der Waals surface area (Å²) in [5.41, 5.74) is 7.58. The van der Waals surface area contributed by atoms with E-state index in [1.165, 1.54) is 24.0 Å². The summed E-state index contributed by atoms with van der Waals surface area (Å²) in [5.74, 6) is -0.235. The number of allylic oxidation sites excluding steroid dienone is 2. The number of para-hydroxylation sites is 1. The van der Waals surface area contributed by atoms with Crippen LogP contribution in [0.4, 0.5) is 5.69 Å². The van der Waals surface area contributed by atoms with Crippen LogP contribution in [0.25, 0.3) is 5.57 Å². The first-order valence-electron chi connectivity index (χ1n) is 17.0. The Labute approximate surface area is 290 Å². The normalized spacial score (nSPS) is 16.9. The molecule has 0 bridgehead atoms. The molecule has 10 nitrogen and oxygen atoms in total. The van der Waals surface area contributed by atoms with Gasteiger partial charge in [-0.3, -0.25) is 9.59 Å². The molecule has 2 aliphatic rings. The van der Waals surface area contributed by atoms with E-state index in [0.717, 1.165) is 35.3 Å². The third-order valence-corrected chi connectivity index (χ3v) is 9.91. The van der Waals surface area contributed by atoms with Gasteiger partial charge in [-0.05, 0) is 85.2 Å². The zero-order valence-electron chi connectivity index (χ0n) is 29.9. The molecule has 0 fully saturated rings. The van der Waals surface area contributed by atoms with E-state index in [-0.39, 0.29) is 18.4 Å². The number of fused-ring (bicyclic) bond motifs is 2. The zero-order valence-corrected chi connectivity index (χ0v) is 29.9. The summed E-state index contributed by atoms with van der Waals surface area (Å²) < 4.78 is 30.5. The van der Waals surface area contributed by atoms with Crippen LogP contribution in [0.2, 0.25) is 0 Å². The molecule has 2 heterocycles. The molecule has 0 saturated carbocycles. The first kappa shape index (κ1) is 36.5. The summed E-state index contributed by atoms with van der Waals surface area (Å²) in [6.07, 6.45) is 5.00. The lowest BCUT2D eigenvalue weighted by Crippen LogP contribution is -2.53. The summed E-state index contributed by atoms with van der Waals surface area (Å²) in [6, 6.07) is 17.8. The van der Waals surface area contributed by atoms with Gasteiger partial charge in [0.2, 0.25) is 0 Å². The summed E-state index contributed by atoms with van der Waals surface area (Å²) in [7, 11) is 9.72. The van der Waals surface area contributed by atoms with E-state index in [1.807, 2.05) is 58.0 Å². The van der Waals surface area contributed by atoms with Crippen molar-refractivity contribution in [2.45, 2.75) is 70.1 Å². The van der Waals surface area contributed by atoms with Crippen LogP contribution in [0.15, 0.2) is 60.7 Å². The van der Waals surface area contributed by atoms with Crippen molar-refractivity contribution in [3.05, 3.63) is 94.3 Å². The average molecular weight is 674 g/mol. The molecule has 4 atom stereocenters. The van der Waals surface area contributed by atoms with Gasteiger partial charge in [-0.2, -0.15) is 0 Å². The van der Waals surface area contributed by atoms with Crippen molar-refractivity contribution >= 4 is 23.1 Å². The minimum atomic E-state index is -0.543. The van der Waals surface area contributed by atoms with Crippen LogP contribution in [0.3, 0.4) is 0 Å². The molecule has 2 aromatic carbocycles. The van der Waals surface area contributed by atoms with Crippen molar-refractivity contribution in [2.24, 2.45) is 0 Å². The van der Waals surface area contributed by atoms with Gasteiger partial charge in [0.15, 0.2) is 0 Å². The van der Waals surface area contributed by atoms with Crippen LogP contribution in [-0.2, 0) is 36.8 Å². The quantitative estimate of drug-likeness (QED) is 0.216. The zero-order chi connectivity index (χ0) is 35.1. The number of anilines is 1. The fraction of sp³-hybridized carbons (Fsp3) is 0.487. The molecule has 2 amide bonds. The Morgan fingerprint density at radius 2 is 1.59 bits per heavy atom. The van der Waals surface area contributed by atoms with Crippen LogP contribution >= 0.6 is 0 Å². The first-order chi connectivity index (χ1) is 23.8. The molecule has 0 radical (unpaired) electrons. The number of hydrogen-bond donors (Lipinski definition) is 0. The number of rotatable bonds is 14. The topological polar surface area (TPSA) is 91.7 Å². The van der Waals surface area contributed by atoms with E-state index in [0.29, 0.717) is 31.0 Å². The highest BCUT2D eigenvalue weighted by molar-refractivity contribution is 6.07. The number of aromatic nitrogens is 1. The van der Waals surface area contributed by atoms with Gasteiger partial charge in [0.1, 0.15) is 30.1 Å². The van der Waals surface area contributed by atoms with Gasteiger partial charge in [-0.15, -0.1) is 0 Å². The molecule has 0 unspecified atom stereocenters. The summed E-state index contributed by atoms with van der Waals surface area (Å²) in [4.78, 5) is 31.8. The summed E-state index contributed by atoms with van der Waals surface area (Å²) in [6.45, 7) is 3.42. The number of hydrogen-bond acceptors (Lipinski definition) is 7. The van der Waals surface area contributed by atoms with E-state index in [2.05, 4.69) is 19.1 Å². The Balaban J connectivity index is 1.39. The summed E-state index contributed by atoms with van der Waals surface area (Å²) in [5, 5.41) is 0. The maximum absolute atomic E-state index is 14.2. The van der Waals surface area contributed by atoms with Gasteiger partial charge in [0.25, 0.3) is 11.8 Å². The smallest absolute Gasteiger partial charge is 0.270 e. The Bertz CT molecular complexity index is 1630. The second kappa shape index (κ2) is 16.7. The average Bonchev–Trinajstić information content (AvgIpc) is 3.44. The van der Waals surface area contributed by atoms with Crippen LogP contribution in [-0.4, -0.2) is 101 Å². The number of methoxy groups -OCH3 is 5. The second-order valence-corrected chi connectivity index (χ2v) is 12.9. The molecule has 1 aliphatic carbocycles. The molecule has 0 saturated heterocycles. The second-order valence-electron chi connectivity index (χ2n) is 12.9. The Kier molecular flexibility index (Phi) is 12.5. The third-order valence-electron chi connectivity index (χ3n) is 9.91. The monoisotopic (exact) mass is 673 g/mol. The minimum absolute atomic E-state index is 0.0663. The highest BCUT2D eigenvalue weighted by Gasteiger charge is 2.38. The van der Waals surface area contributed by atoms with E-state index in [1.54, 1.807) is 47.5 Å². The standard InChI is InChI=1S/C39H51N3O7/c1-26-21-28(17-19-31(26)27-13-9-8-10-14-27)38(43)42-23-30-18-20-33(41(30)22-29-15-11-12-16-32(29)42)39(44)40(2)24-34(46-4)36(48-6)37(49-7)35(47-5)25-45-3/h11-13,15-21,34-37H,8-10,14,22-25H2,1-7H3/t34-,35+,36+,37+/m0/s1. The molecular formula is C39H51N3O7. The molecular weight excluding hydrogens is 622 g/mol. The molecule has 0 N–H and O–H groups in total. The van der Waals surface area contributed by atoms with Crippen molar-refractivity contribution in [3.8, 4) is 0 Å². The molecule has 49 heavy (non-hydrogen) atoms. The highest BCUT2D eigenvalue weighted by Crippen LogP contribution is 2.33. The summed E-state index contributed by atoms with van der Waals surface area (Å²) >= 11 is 0. The highest BCUT2D eigenvalue weighted by atomic mass is 16.6. The van der Waals surface area contributed by atoms with Gasteiger partial charge in [-0.25, -0.2) is 0 Å². The van der Waals surface area contributed by atoms with Crippen LogP contribution in [0.1, 0.15) is 68.9 Å². The molecule has 264 valence electrons. The van der Waals surface area contributed by atoms with Crippen LogP contribution in [0.5, 0.6) is 0 Å². The van der Waals surface area contributed by atoms with Crippen molar-refractivity contribution in [2.75, 3.05) is 60.6 Å². The number of nitrogens with zero attached hydrogens (tertiary/aromatic N) is 3. The number of carbonyl (C=O) groups excluding carboxylic acids is 2. The maximum Gasteiger partial charge on any atom is 0.270 e. The maximum atomic E-state index is 14.2. The van der Waals surface area contributed by atoms with Gasteiger partial charge < -0.3 is 38.1 Å². The number of aryl methyl sites for hydroxylation is 1. The Morgan fingerprint density at radius 1 is 0.857 bits per heavy atom. The molecule has 1 aliphatic heterocycles. The number of benzene rings is 2. The fourth-order valence-electron chi connectivity index (χ4n) is 7.24. The molecule has 5 rings (SSSR count). The Hall–Kier alpha value is -3.80. The van der Waals surface area contributed by atoms with Crippen molar-refractivity contribution in [1.82, 2.24) is 9.47 Å². The van der Waals surface area contributed by atoms with Crippen molar-refractivity contribution in [1.29, 1.82) is 0 Å². The number of carbonyl (C=O) groups is 2. The van der Waals surface area contributed by atoms with Crippen LogP contribution < -0.4 is 4.90 Å². The third kappa shape index (κ3) is 7.84. The predicted molar refractivity (Wildman–Crippen MR) is 190 cm³/mol. The van der Waals surface area contributed by atoms with Crippen molar-refractivity contribution in [3.63, 3.8) is 0 Å². The molecule has 3 aromatic rings. The largest absolute Gasteiger partial charge is 0.382 e. The van der Waals surface area contributed by atoms with Gasteiger partial charge in [-0.1, -0.05) is 30.3 Å². The lowest BCUT2D eigenvalue weighted by Gasteiger charge is -2.36. The number of amides is 2. The Morgan fingerprint density at radius 3 is 2.24 bits per heavy atom. The van der Waals surface area contributed by atoms with Crippen LogP contribution in [0, 0.1) is 6.92 Å². The lowest BCUT2D eigenvalue weighted by molar-refractivity contribution is -0.160. The van der Waals surface area contributed by atoms with E-state index in [9.17, 15) is 9.59 Å². The fourth-order valence-corrected chi connectivity index (χ4v) is 7.24. The SMILES string of the molecule is COC[C@@H](OC)[C@@H](OC)[C@H](OC)[C@H](CN(C)C(=O)c1ccc2n1Cc1ccccc1N(C(=O)c1ccc(C3=CCCCC3)c(C)c1)C2)OC. The minimum Gasteiger partial charge on any atom is -0.382 e. The van der Waals surface area contributed by atoms with Gasteiger partial charge in [0, 0.05) is 66.1 Å². The number of ether oxygens (including phenoxy) is 5. The van der Waals surface area contributed by atoms with Gasteiger partial charge >= 0.3 is 0 Å². The molecule has 0 spiro atoms. The number of likely N-dealkylation sites (N-methyl/N-ethyl adjacent to an activating group) is 1. The van der Waals surface area contributed by atoms with E-state index >= 15 is 0 Å². The first-order valence-corrected chi connectivity index (χ1v) is 17.0. The van der Waals surface area contributed by atoms with E-state index < -0.39 is 24.4 Å². The lowest BCUT2D eigenvalue weighted by atomic mass is 9.90. The van der Waals surface area contributed by atoms with Gasteiger partial charge in [0.05, 0.1) is 19.7 Å².